The topological polar surface area (TPSA) is 92.7 Å². The summed E-state index contributed by atoms with van der Waals surface area (Å²) in [5, 5.41) is 8.66. The number of ether oxygens (including phenoxy) is 1. The van der Waals surface area contributed by atoms with Crippen molar-refractivity contribution in [3.05, 3.63) is 29.8 Å². The summed E-state index contributed by atoms with van der Waals surface area (Å²) < 4.78 is 32.0. The van der Waals surface area contributed by atoms with E-state index in [-0.39, 0.29) is 10.9 Å². The van der Waals surface area contributed by atoms with Crippen molar-refractivity contribution in [3.63, 3.8) is 0 Å². The lowest BCUT2D eigenvalue weighted by Crippen LogP contribution is -2.32. The van der Waals surface area contributed by atoms with Gasteiger partial charge in [0.05, 0.1) is 12.0 Å². The molecule has 2 N–H and O–H groups in total. The molecular formula is C14H19NO5S. The second-order valence-electron chi connectivity index (χ2n) is 4.51. The van der Waals surface area contributed by atoms with Crippen molar-refractivity contribution >= 4 is 22.1 Å². The molecule has 1 rings (SSSR count). The smallest absolute Gasteiger partial charge is 0.328 e. The molecule has 1 aromatic carbocycles. The standard InChI is InChI=1S/C14H19NO5S/c1-4-10(2)15-21(18,19)12-6-7-13(20-3)11(9-12)5-8-14(16)17/h5-10,15H,4H2,1-3H3,(H,16,17). The van der Waals surface area contributed by atoms with E-state index in [1.54, 1.807) is 6.92 Å². The highest BCUT2D eigenvalue weighted by molar-refractivity contribution is 7.89. The first-order chi connectivity index (χ1) is 9.80. The Hall–Kier alpha value is -1.86. The number of carbonyl (C=O) groups is 1. The maximum Gasteiger partial charge on any atom is 0.328 e. The molecule has 1 unspecified atom stereocenters. The number of carboxylic acids is 1. The van der Waals surface area contributed by atoms with E-state index in [0.29, 0.717) is 17.7 Å². The number of aliphatic carboxylic acids is 1. The van der Waals surface area contributed by atoms with Crippen molar-refractivity contribution < 1.29 is 23.1 Å². The second kappa shape index (κ2) is 7.24. The summed E-state index contributed by atoms with van der Waals surface area (Å²) in [4.78, 5) is 10.6. The normalized spacial score (nSPS) is 13.3. The van der Waals surface area contributed by atoms with Crippen LogP contribution in [0.1, 0.15) is 25.8 Å². The van der Waals surface area contributed by atoms with E-state index in [4.69, 9.17) is 9.84 Å². The van der Waals surface area contributed by atoms with Gasteiger partial charge in [-0.3, -0.25) is 0 Å². The monoisotopic (exact) mass is 313 g/mol. The Bertz CT molecular complexity index is 637. The molecule has 0 spiro atoms. The predicted molar refractivity (Wildman–Crippen MR) is 79.7 cm³/mol. The largest absolute Gasteiger partial charge is 0.496 e. The Morgan fingerprint density at radius 3 is 2.67 bits per heavy atom. The van der Waals surface area contributed by atoms with Crippen LogP contribution in [0.3, 0.4) is 0 Å². The minimum Gasteiger partial charge on any atom is -0.496 e. The average molecular weight is 313 g/mol. The Morgan fingerprint density at radius 2 is 2.14 bits per heavy atom. The fourth-order valence-corrected chi connectivity index (χ4v) is 2.95. The van der Waals surface area contributed by atoms with Crippen LogP contribution in [-0.2, 0) is 14.8 Å². The fourth-order valence-electron chi connectivity index (χ4n) is 1.59. The van der Waals surface area contributed by atoms with Crippen molar-refractivity contribution in [3.8, 4) is 5.75 Å². The van der Waals surface area contributed by atoms with Crippen molar-refractivity contribution in [2.24, 2.45) is 0 Å². The highest BCUT2D eigenvalue weighted by Crippen LogP contribution is 2.24. The predicted octanol–water partition coefficient (Wildman–Crippen LogP) is 1.87. The zero-order chi connectivity index (χ0) is 16.0. The molecule has 1 aromatic rings. The van der Waals surface area contributed by atoms with Gasteiger partial charge in [0.1, 0.15) is 5.75 Å². The van der Waals surface area contributed by atoms with Crippen molar-refractivity contribution in [1.82, 2.24) is 4.72 Å². The van der Waals surface area contributed by atoms with Gasteiger partial charge in [-0.15, -0.1) is 0 Å². The van der Waals surface area contributed by atoms with E-state index in [2.05, 4.69) is 4.72 Å². The second-order valence-corrected chi connectivity index (χ2v) is 6.22. The lowest BCUT2D eigenvalue weighted by atomic mass is 10.2. The van der Waals surface area contributed by atoms with Crippen LogP contribution in [0.25, 0.3) is 6.08 Å². The number of nitrogens with one attached hydrogen (secondary N) is 1. The quantitative estimate of drug-likeness (QED) is 0.750. The molecule has 0 heterocycles. The Balaban J connectivity index is 3.21. The molecule has 0 fully saturated rings. The van der Waals surface area contributed by atoms with Gasteiger partial charge >= 0.3 is 5.97 Å². The molecule has 116 valence electrons. The average Bonchev–Trinajstić information content (AvgIpc) is 2.44. The van der Waals surface area contributed by atoms with E-state index >= 15 is 0 Å². The number of rotatable bonds is 7. The summed E-state index contributed by atoms with van der Waals surface area (Å²) >= 11 is 0. The minimum absolute atomic E-state index is 0.0636. The van der Waals surface area contributed by atoms with E-state index in [9.17, 15) is 13.2 Å². The van der Waals surface area contributed by atoms with Crippen LogP contribution < -0.4 is 9.46 Å². The van der Waals surface area contributed by atoms with Crippen LogP contribution in [0, 0.1) is 0 Å². The van der Waals surface area contributed by atoms with Crippen molar-refractivity contribution in [2.45, 2.75) is 31.2 Å². The van der Waals surface area contributed by atoms with Crippen molar-refractivity contribution in [2.75, 3.05) is 7.11 Å². The molecule has 0 saturated carbocycles. The molecule has 21 heavy (non-hydrogen) atoms. The molecule has 1 atom stereocenters. The van der Waals surface area contributed by atoms with Crippen LogP contribution in [0.4, 0.5) is 0 Å². The molecule has 6 nitrogen and oxygen atoms in total. The van der Waals surface area contributed by atoms with E-state index in [0.717, 1.165) is 6.08 Å². The number of sulfonamides is 1. The molecule has 0 bridgehead atoms. The molecule has 7 heteroatoms. The van der Waals surface area contributed by atoms with Crippen LogP contribution in [-0.4, -0.2) is 32.6 Å². The molecular weight excluding hydrogens is 294 g/mol. The third kappa shape index (κ3) is 4.87. The van der Waals surface area contributed by atoms with E-state index in [1.165, 1.54) is 31.4 Å². The van der Waals surface area contributed by atoms with Gasteiger partial charge in [0, 0.05) is 17.7 Å². The van der Waals surface area contributed by atoms with Crippen LogP contribution in [0.2, 0.25) is 0 Å². The molecule has 0 aromatic heterocycles. The SMILES string of the molecule is CCC(C)NS(=O)(=O)c1ccc(OC)c(C=CC(=O)O)c1. The lowest BCUT2D eigenvalue weighted by molar-refractivity contribution is -0.131. The number of hydrogen-bond donors (Lipinski definition) is 2. The van der Waals surface area contributed by atoms with Gasteiger partial charge < -0.3 is 9.84 Å². The van der Waals surface area contributed by atoms with Gasteiger partial charge in [0.25, 0.3) is 0 Å². The Labute approximate surface area is 124 Å². The van der Waals surface area contributed by atoms with Crippen LogP contribution in [0.5, 0.6) is 5.75 Å². The van der Waals surface area contributed by atoms with E-state index in [1.807, 2.05) is 6.92 Å². The first-order valence-corrected chi connectivity index (χ1v) is 7.89. The Kier molecular flexibility index (Phi) is 5.92. The molecule has 0 aliphatic carbocycles. The summed E-state index contributed by atoms with van der Waals surface area (Å²) in [6, 6.07) is 4.10. The summed E-state index contributed by atoms with van der Waals surface area (Å²) in [6.07, 6.45) is 2.89. The summed E-state index contributed by atoms with van der Waals surface area (Å²) in [7, 11) is -2.21. The molecule has 0 aliphatic heterocycles. The van der Waals surface area contributed by atoms with Gasteiger partial charge in [-0.1, -0.05) is 6.92 Å². The van der Waals surface area contributed by atoms with Crippen molar-refractivity contribution in [1.29, 1.82) is 0 Å². The van der Waals surface area contributed by atoms with Gasteiger partial charge in [0.2, 0.25) is 10.0 Å². The third-order valence-corrected chi connectivity index (χ3v) is 4.47. The van der Waals surface area contributed by atoms with Gasteiger partial charge in [-0.05, 0) is 37.6 Å². The number of carboxylic acid groups (broad SMARTS) is 1. The molecule has 0 radical (unpaired) electrons. The number of hydrogen-bond acceptors (Lipinski definition) is 4. The summed E-state index contributed by atoms with van der Waals surface area (Å²) in [6.45, 7) is 3.65. The molecule has 0 saturated heterocycles. The van der Waals surface area contributed by atoms with Crippen LogP contribution in [0.15, 0.2) is 29.2 Å². The number of benzene rings is 1. The summed E-state index contributed by atoms with van der Waals surface area (Å²) in [5.41, 5.74) is 0.381. The molecule has 0 amide bonds. The fraction of sp³-hybridized carbons (Fsp3) is 0.357. The maximum absolute atomic E-state index is 12.2. The van der Waals surface area contributed by atoms with Gasteiger partial charge in [-0.25, -0.2) is 17.9 Å². The number of methoxy groups -OCH3 is 1. The van der Waals surface area contributed by atoms with Gasteiger partial charge in [-0.2, -0.15) is 0 Å². The lowest BCUT2D eigenvalue weighted by Gasteiger charge is -2.13. The first-order valence-electron chi connectivity index (χ1n) is 6.41. The maximum atomic E-state index is 12.2. The zero-order valence-corrected chi connectivity index (χ0v) is 13.0. The zero-order valence-electron chi connectivity index (χ0n) is 12.2. The minimum atomic E-state index is -3.64. The van der Waals surface area contributed by atoms with E-state index < -0.39 is 16.0 Å². The molecule has 0 aliphatic rings. The van der Waals surface area contributed by atoms with Gasteiger partial charge in [0.15, 0.2) is 0 Å². The third-order valence-electron chi connectivity index (χ3n) is 2.89. The highest BCUT2D eigenvalue weighted by Gasteiger charge is 2.17. The highest BCUT2D eigenvalue weighted by atomic mass is 32.2. The first kappa shape index (κ1) is 17.2. The van der Waals surface area contributed by atoms with Crippen LogP contribution >= 0.6 is 0 Å². The summed E-state index contributed by atoms with van der Waals surface area (Å²) in [5.74, 6) is -0.724. The Morgan fingerprint density at radius 1 is 1.48 bits per heavy atom.